The summed E-state index contributed by atoms with van der Waals surface area (Å²) in [6.07, 6.45) is 3.11. The van der Waals surface area contributed by atoms with Crippen molar-refractivity contribution in [2.45, 2.75) is 30.2 Å². The van der Waals surface area contributed by atoms with E-state index >= 15 is 0 Å². The lowest BCUT2D eigenvalue weighted by atomic mass is 10.1. The molecule has 0 radical (unpaired) electrons. The van der Waals surface area contributed by atoms with Gasteiger partial charge < -0.3 is 4.90 Å². The molecule has 2 atom stereocenters. The summed E-state index contributed by atoms with van der Waals surface area (Å²) in [6.45, 7) is 0.677. The van der Waals surface area contributed by atoms with E-state index in [9.17, 15) is 13.2 Å². The number of fused-ring (bicyclic) bond motifs is 2. The molecule has 0 N–H and O–H groups in total. The van der Waals surface area contributed by atoms with Crippen molar-refractivity contribution in [3.05, 3.63) is 28.8 Å². The van der Waals surface area contributed by atoms with Gasteiger partial charge in [0, 0.05) is 23.3 Å². The van der Waals surface area contributed by atoms with E-state index in [2.05, 4.69) is 0 Å². The number of carbonyl (C=O) groups excluding carboxylic acids is 1. The fourth-order valence-electron chi connectivity index (χ4n) is 3.23. The Kier molecular flexibility index (Phi) is 3.47. The Bertz CT molecular complexity index is 674. The van der Waals surface area contributed by atoms with E-state index in [1.54, 1.807) is 4.90 Å². The van der Waals surface area contributed by atoms with E-state index in [4.69, 9.17) is 22.3 Å². The average Bonchev–Trinajstić information content (AvgIpc) is 2.98. The van der Waals surface area contributed by atoms with Crippen molar-refractivity contribution in [2.75, 3.05) is 6.54 Å². The van der Waals surface area contributed by atoms with Gasteiger partial charge in [-0.1, -0.05) is 17.7 Å². The molecule has 0 spiro atoms. The average molecular weight is 334 g/mol. The van der Waals surface area contributed by atoms with Crippen LogP contribution in [0.3, 0.4) is 0 Å². The van der Waals surface area contributed by atoms with Crippen molar-refractivity contribution < 1.29 is 13.2 Å². The van der Waals surface area contributed by atoms with Gasteiger partial charge in [0.05, 0.1) is 15.5 Å². The van der Waals surface area contributed by atoms with Crippen LogP contribution in [0.25, 0.3) is 0 Å². The Morgan fingerprint density at radius 3 is 2.60 bits per heavy atom. The first kappa shape index (κ1) is 14.2. The van der Waals surface area contributed by atoms with Crippen molar-refractivity contribution in [3.63, 3.8) is 0 Å². The lowest BCUT2D eigenvalue weighted by molar-refractivity contribution is 0.0700. The van der Waals surface area contributed by atoms with Crippen LogP contribution in [0, 0.1) is 5.92 Å². The fourth-order valence-corrected chi connectivity index (χ4v) is 4.61. The molecule has 2 fully saturated rings. The molecule has 1 amide bonds. The molecule has 4 nitrogen and oxygen atoms in total. The van der Waals surface area contributed by atoms with Gasteiger partial charge in [0.2, 0.25) is 0 Å². The largest absolute Gasteiger partial charge is 0.335 e. The summed E-state index contributed by atoms with van der Waals surface area (Å²) in [7, 11) is 1.41. The quantitative estimate of drug-likeness (QED) is 0.782. The van der Waals surface area contributed by atoms with Gasteiger partial charge in [0.25, 0.3) is 15.0 Å². The lowest BCUT2D eigenvalue weighted by Crippen LogP contribution is -2.38. The number of hydrogen-bond acceptors (Lipinski definition) is 3. The summed E-state index contributed by atoms with van der Waals surface area (Å²) in [5.41, 5.74) is -0.00304. The molecule has 1 heterocycles. The van der Waals surface area contributed by atoms with Crippen LogP contribution in [0.2, 0.25) is 5.02 Å². The van der Waals surface area contributed by atoms with E-state index in [0.717, 1.165) is 19.3 Å². The number of amides is 1. The van der Waals surface area contributed by atoms with Gasteiger partial charge in [-0.2, -0.15) is 0 Å². The van der Waals surface area contributed by atoms with Crippen molar-refractivity contribution >= 4 is 37.2 Å². The highest BCUT2D eigenvalue weighted by molar-refractivity contribution is 8.13. The zero-order valence-electron chi connectivity index (χ0n) is 10.6. The summed E-state index contributed by atoms with van der Waals surface area (Å²) >= 11 is 6.04. The second kappa shape index (κ2) is 4.90. The third-order valence-electron chi connectivity index (χ3n) is 4.12. The molecule has 1 aromatic carbocycles. The number of carbonyl (C=O) groups is 1. The molecular weight excluding hydrogens is 321 g/mol. The third kappa shape index (κ3) is 2.32. The maximum Gasteiger partial charge on any atom is 0.262 e. The number of piperidine rings is 1. The number of halogens is 2. The number of nitrogens with zero attached hydrogens (tertiary/aromatic N) is 1. The van der Waals surface area contributed by atoms with Crippen LogP contribution in [0.15, 0.2) is 23.1 Å². The van der Waals surface area contributed by atoms with Crippen molar-refractivity contribution in [2.24, 2.45) is 5.92 Å². The topological polar surface area (TPSA) is 54.5 Å². The molecule has 1 saturated carbocycles. The third-order valence-corrected chi connectivity index (χ3v) is 5.80. The Morgan fingerprint density at radius 1 is 1.30 bits per heavy atom. The predicted octanol–water partition coefficient (Wildman–Crippen LogP) is 2.89. The van der Waals surface area contributed by atoms with Gasteiger partial charge in [0.1, 0.15) is 0 Å². The normalized spacial score (nSPS) is 25.2. The Balaban J connectivity index is 2.04. The van der Waals surface area contributed by atoms with E-state index < -0.39 is 9.05 Å². The second-order valence-electron chi connectivity index (χ2n) is 5.34. The van der Waals surface area contributed by atoms with E-state index in [0.29, 0.717) is 12.5 Å². The zero-order chi connectivity index (χ0) is 14.5. The molecular formula is C13H13Cl2NO3S. The molecule has 108 valence electrons. The van der Waals surface area contributed by atoms with Gasteiger partial charge >= 0.3 is 0 Å². The number of rotatable bonds is 2. The summed E-state index contributed by atoms with van der Waals surface area (Å²) in [5, 5.41) is 0.125. The smallest absolute Gasteiger partial charge is 0.262 e. The minimum atomic E-state index is -4.00. The first-order valence-electron chi connectivity index (χ1n) is 6.42. The SMILES string of the molecule is O=C(c1c(Cl)cccc1S(=O)(=O)Cl)N1CC2CCC1C2. The zero-order valence-corrected chi connectivity index (χ0v) is 12.9. The van der Waals surface area contributed by atoms with Crippen LogP contribution >= 0.6 is 22.3 Å². The molecule has 1 aliphatic heterocycles. The van der Waals surface area contributed by atoms with Gasteiger partial charge in [0.15, 0.2) is 0 Å². The van der Waals surface area contributed by atoms with E-state index in [-0.39, 0.29) is 27.4 Å². The predicted molar refractivity (Wildman–Crippen MR) is 76.7 cm³/mol. The van der Waals surface area contributed by atoms with Crippen LogP contribution in [0.5, 0.6) is 0 Å². The fraction of sp³-hybridized carbons (Fsp3) is 0.462. The van der Waals surface area contributed by atoms with Crippen LogP contribution < -0.4 is 0 Å². The molecule has 3 rings (SSSR count). The van der Waals surface area contributed by atoms with E-state index in [1.165, 1.54) is 18.2 Å². The standard InChI is InChI=1S/C13H13Cl2NO3S/c14-10-2-1-3-11(20(15,18)19)12(10)13(17)16-7-8-4-5-9(16)6-8/h1-3,8-9H,4-7H2. The van der Waals surface area contributed by atoms with E-state index in [1.807, 2.05) is 0 Å². The Hall–Kier alpha value is -0.780. The summed E-state index contributed by atoms with van der Waals surface area (Å²) in [6, 6.07) is 4.50. The molecule has 1 saturated heterocycles. The molecule has 2 bridgehead atoms. The summed E-state index contributed by atoms with van der Waals surface area (Å²) in [5.74, 6) is 0.199. The minimum absolute atomic E-state index is 0.00304. The number of likely N-dealkylation sites (tertiary alicyclic amines) is 1. The summed E-state index contributed by atoms with van der Waals surface area (Å²) in [4.78, 5) is 14.2. The van der Waals surface area contributed by atoms with Gasteiger partial charge in [-0.3, -0.25) is 4.79 Å². The first-order valence-corrected chi connectivity index (χ1v) is 9.11. The van der Waals surface area contributed by atoms with Gasteiger partial charge in [-0.25, -0.2) is 8.42 Å². The second-order valence-corrected chi connectivity index (χ2v) is 8.28. The van der Waals surface area contributed by atoms with Crippen LogP contribution in [0.1, 0.15) is 29.6 Å². The molecule has 20 heavy (non-hydrogen) atoms. The van der Waals surface area contributed by atoms with Gasteiger partial charge in [-0.05, 0) is 37.3 Å². The molecule has 7 heteroatoms. The Labute approximate surface area is 127 Å². The molecule has 2 unspecified atom stereocenters. The Morgan fingerprint density at radius 2 is 2.05 bits per heavy atom. The highest BCUT2D eigenvalue weighted by Gasteiger charge is 2.41. The molecule has 1 aliphatic carbocycles. The first-order chi connectivity index (χ1) is 9.38. The number of benzene rings is 1. The highest BCUT2D eigenvalue weighted by Crippen LogP contribution is 2.39. The van der Waals surface area contributed by atoms with Crippen LogP contribution in [-0.2, 0) is 9.05 Å². The van der Waals surface area contributed by atoms with Crippen LogP contribution in [0.4, 0.5) is 0 Å². The van der Waals surface area contributed by atoms with Crippen molar-refractivity contribution in [1.82, 2.24) is 4.90 Å². The molecule has 0 aromatic heterocycles. The summed E-state index contributed by atoms with van der Waals surface area (Å²) < 4.78 is 23.2. The maximum atomic E-state index is 12.6. The maximum absolute atomic E-state index is 12.6. The molecule has 1 aromatic rings. The van der Waals surface area contributed by atoms with Gasteiger partial charge in [-0.15, -0.1) is 0 Å². The highest BCUT2D eigenvalue weighted by atomic mass is 35.7. The monoisotopic (exact) mass is 333 g/mol. The molecule has 2 aliphatic rings. The van der Waals surface area contributed by atoms with Crippen molar-refractivity contribution in [3.8, 4) is 0 Å². The van der Waals surface area contributed by atoms with Crippen LogP contribution in [-0.4, -0.2) is 31.8 Å². The van der Waals surface area contributed by atoms with Crippen molar-refractivity contribution in [1.29, 1.82) is 0 Å². The number of hydrogen-bond donors (Lipinski definition) is 0. The lowest BCUT2D eigenvalue weighted by Gasteiger charge is -2.27. The minimum Gasteiger partial charge on any atom is -0.335 e.